The summed E-state index contributed by atoms with van der Waals surface area (Å²) in [6, 6.07) is 8.74. The van der Waals surface area contributed by atoms with E-state index in [1.807, 2.05) is 29.0 Å². The molecule has 2 fully saturated rings. The average Bonchev–Trinajstić information content (AvgIpc) is 3.16. The van der Waals surface area contributed by atoms with Crippen LogP contribution in [0.4, 0.5) is 0 Å². The van der Waals surface area contributed by atoms with Crippen molar-refractivity contribution in [3.63, 3.8) is 0 Å². The summed E-state index contributed by atoms with van der Waals surface area (Å²) < 4.78 is 2.02. The van der Waals surface area contributed by atoms with Crippen LogP contribution < -0.4 is 0 Å². The normalized spacial score (nSPS) is 21.0. The second kappa shape index (κ2) is 6.64. The number of imidazole rings is 1. The molecule has 4 rings (SSSR count). The molecule has 2 aliphatic rings. The predicted octanol–water partition coefficient (Wildman–Crippen LogP) is 2.71. The van der Waals surface area contributed by atoms with Gasteiger partial charge in [0.1, 0.15) is 0 Å². The van der Waals surface area contributed by atoms with Gasteiger partial charge in [-0.05, 0) is 55.5 Å². The van der Waals surface area contributed by atoms with Gasteiger partial charge >= 0.3 is 0 Å². The minimum Gasteiger partial charge on any atom is -0.345 e. The number of benzene rings is 1. The van der Waals surface area contributed by atoms with Gasteiger partial charge in [-0.2, -0.15) is 0 Å². The minimum atomic E-state index is 0.311. The summed E-state index contributed by atoms with van der Waals surface area (Å²) in [5.74, 6) is 0.311. The van der Waals surface area contributed by atoms with Crippen molar-refractivity contribution < 1.29 is 4.79 Å². The number of likely N-dealkylation sites (tertiary alicyclic amines) is 2. The van der Waals surface area contributed by atoms with Crippen LogP contribution in [0.1, 0.15) is 31.2 Å². The van der Waals surface area contributed by atoms with Crippen molar-refractivity contribution in [3.8, 4) is 5.69 Å². The summed E-state index contributed by atoms with van der Waals surface area (Å²) in [6.07, 6.45) is 9.80. The average molecular weight is 338 g/mol. The lowest BCUT2D eigenvalue weighted by Crippen LogP contribution is -2.50. The van der Waals surface area contributed by atoms with Crippen molar-refractivity contribution in [2.75, 3.05) is 26.7 Å². The van der Waals surface area contributed by atoms with Crippen LogP contribution >= 0.6 is 0 Å². The second-order valence-corrected chi connectivity index (χ2v) is 7.66. The third kappa shape index (κ3) is 3.47. The van der Waals surface area contributed by atoms with E-state index in [9.17, 15) is 4.79 Å². The summed E-state index contributed by atoms with van der Waals surface area (Å²) in [5.41, 5.74) is 2.87. The molecule has 2 saturated heterocycles. The Morgan fingerprint density at radius 3 is 2.52 bits per heavy atom. The van der Waals surface area contributed by atoms with Gasteiger partial charge in [-0.15, -0.1) is 0 Å². The number of hydrogen-bond acceptors (Lipinski definition) is 3. The van der Waals surface area contributed by atoms with Crippen molar-refractivity contribution in [2.45, 2.75) is 32.2 Å². The molecule has 0 saturated carbocycles. The highest BCUT2D eigenvalue weighted by molar-refractivity contribution is 5.76. The number of carbonyl (C=O) groups excluding carboxylic acids is 1. The molecule has 1 aromatic carbocycles. The number of carbonyl (C=O) groups is 1. The van der Waals surface area contributed by atoms with E-state index in [1.54, 1.807) is 6.20 Å². The Morgan fingerprint density at radius 2 is 1.88 bits per heavy atom. The van der Waals surface area contributed by atoms with Crippen molar-refractivity contribution in [3.05, 3.63) is 48.5 Å². The van der Waals surface area contributed by atoms with E-state index < -0.39 is 0 Å². The number of nitrogens with zero attached hydrogens (tertiary/aromatic N) is 4. The fourth-order valence-corrected chi connectivity index (χ4v) is 4.27. The Balaban J connectivity index is 1.33. The Bertz CT molecular complexity index is 715. The lowest BCUT2D eigenvalue weighted by atomic mass is 9.72. The van der Waals surface area contributed by atoms with Crippen molar-refractivity contribution in [1.82, 2.24) is 19.4 Å². The highest BCUT2D eigenvalue weighted by Gasteiger charge is 2.39. The molecule has 0 aliphatic carbocycles. The SMILES string of the molecule is CN1CC2(CCC1=O)CCN(Cc1ccc(-n3ccnc3)cc1)CC2. The van der Waals surface area contributed by atoms with Crippen molar-refractivity contribution >= 4 is 5.91 Å². The van der Waals surface area contributed by atoms with Crippen LogP contribution in [0.15, 0.2) is 43.0 Å². The Hall–Kier alpha value is -2.14. The van der Waals surface area contributed by atoms with E-state index in [4.69, 9.17) is 0 Å². The van der Waals surface area contributed by atoms with Crippen LogP contribution in [0.25, 0.3) is 5.69 Å². The van der Waals surface area contributed by atoms with Gasteiger partial charge in [-0.3, -0.25) is 9.69 Å². The van der Waals surface area contributed by atoms with Gasteiger partial charge in [0.2, 0.25) is 5.91 Å². The van der Waals surface area contributed by atoms with Gasteiger partial charge < -0.3 is 9.47 Å². The van der Waals surface area contributed by atoms with Crippen LogP contribution in [-0.2, 0) is 11.3 Å². The fraction of sp³-hybridized carbons (Fsp3) is 0.500. The van der Waals surface area contributed by atoms with E-state index in [2.05, 4.69) is 34.1 Å². The van der Waals surface area contributed by atoms with E-state index in [0.29, 0.717) is 11.3 Å². The maximum Gasteiger partial charge on any atom is 0.222 e. The van der Waals surface area contributed by atoms with Gasteiger partial charge in [-0.25, -0.2) is 4.98 Å². The van der Waals surface area contributed by atoms with Crippen molar-refractivity contribution in [1.29, 1.82) is 0 Å². The summed E-state index contributed by atoms with van der Waals surface area (Å²) in [6.45, 7) is 4.21. The summed E-state index contributed by atoms with van der Waals surface area (Å²) >= 11 is 0. The zero-order valence-corrected chi connectivity index (χ0v) is 14.9. The molecule has 0 bridgehead atoms. The first-order chi connectivity index (χ1) is 12.1. The molecule has 25 heavy (non-hydrogen) atoms. The molecule has 1 spiro atoms. The quantitative estimate of drug-likeness (QED) is 0.864. The Labute approximate surface area is 149 Å². The first-order valence-electron chi connectivity index (χ1n) is 9.17. The maximum absolute atomic E-state index is 11.7. The van der Waals surface area contributed by atoms with Crippen LogP contribution in [-0.4, -0.2) is 51.9 Å². The second-order valence-electron chi connectivity index (χ2n) is 7.66. The summed E-state index contributed by atoms with van der Waals surface area (Å²) in [4.78, 5) is 20.3. The first kappa shape index (κ1) is 16.3. The molecule has 2 aliphatic heterocycles. The van der Waals surface area contributed by atoms with Gasteiger partial charge in [0.25, 0.3) is 0 Å². The molecule has 0 N–H and O–H groups in total. The molecule has 2 aromatic rings. The highest BCUT2D eigenvalue weighted by atomic mass is 16.2. The first-order valence-corrected chi connectivity index (χ1v) is 9.17. The molecule has 0 atom stereocenters. The molecule has 1 amide bonds. The van der Waals surface area contributed by atoms with Crippen LogP contribution in [0.5, 0.6) is 0 Å². The molecule has 1 aromatic heterocycles. The van der Waals surface area contributed by atoms with E-state index >= 15 is 0 Å². The van der Waals surface area contributed by atoms with Gasteiger partial charge in [-0.1, -0.05) is 12.1 Å². The van der Waals surface area contributed by atoms with Crippen LogP contribution in [0.2, 0.25) is 0 Å². The third-order valence-electron chi connectivity index (χ3n) is 5.93. The largest absolute Gasteiger partial charge is 0.345 e. The Kier molecular flexibility index (Phi) is 4.34. The molecule has 0 radical (unpaired) electrons. The topological polar surface area (TPSA) is 41.4 Å². The van der Waals surface area contributed by atoms with E-state index in [0.717, 1.165) is 44.7 Å². The smallest absolute Gasteiger partial charge is 0.222 e. The van der Waals surface area contributed by atoms with Crippen LogP contribution in [0, 0.1) is 5.41 Å². The zero-order chi connectivity index (χ0) is 17.3. The molecule has 5 heteroatoms. The lowest BCUT2D eigenvalue weighted by Gasteiger charge is -2.46. The van der Waals surface area contributed by atoms with Gasteiger partial charge in [0, 0.05) is 44.6 Å². The summed E-state index contributed by atoms with van der Waals surface area (Å²) in [7, 11) is 1.96. The molecule has 5 nitrogen and oxygen atoms in total. The summed E-state index contributed by atoms with van der Waals surface area (Å²) in [5, 5.41) is 0. The standard InChI is InChI=1S/C20H26N4O/c1-22-15-20(7-6-19(22)25)8-11-23(12-9-20)14-17-2-4-18(5-3-17)24-13-10-21-16-24/h2-5,10,13,16H,6-9,11-12,14-15H2,1H3. The molecule has 132 valence electrons. The van der Waals surface area contributed by atoms with E-state index in [1.165, 1.54) is 18.4 Å². The van der Waals surface area contributed by atoms with Gasteiger partial charge in [0.15, 0.2) is 0 Å². The zero-order valence-electron chi connectivity index (χ0n) is 14.9. The molecular formula is C20H26N4O. The molecule has 3 heterocycles. The highest BCUT2D eigenvalue weighted by Crippen LogP contribution is 2.40. The number of aromatic nitrogens is 2. The minimum absolute atomic E-state index is 0.311. The van der Waals surface area contributed by atoms with Gasteiger partial charge in [0.05, 0.1) is 6.33 Å². The number of hydrogen-bond donors (Lipinski definition) is 0. The number of piperidine rings is 2. The molecular weight excluding hydrogens is 312 g/mol. The maximum atomic E-state index is 11.7. The van der Waals surface area contributed by atoms with Crippen LogP contribution in [0.3, 0.4) is 0 Å². The third-order valence-corrected chi connectivity index (χ3v) is 5.93. The number of amides is 1. The predicted molar refractivity (Wildman–Crippen MR) is 97.4 cm³/mol. The van der Waals surface area contributed by atoms with Crippen molar-refractivity contribution in [2.24, 2.45) is 5.41 Å². The van der Waals surface area contributed by atoms with E-state index in [-0.39, 0.29) is 0 Å². The fourth-order valence-electron chi connectivity index (χ4n) is 4.27. The Morgan fingerprint density at radius 1 is 1.12 bits per heavy atom. The molecule has 0 unspecified atom stereocenters. The number of rotatable bonds is 3. The monoisotopic (exact) mass is 338 g/mol. The lowest BCUT2D eigenvalue weighted by molar-refractivity contribution is -0.137.